The Hall–Kier alpha value is -1.83. The lowest BCUT2D eigenvalue weighted by Gasteiger charge is -2.13. The zero-order valence-corrected chi connectivity index (χ0v) is 19.6. The number of rotatable bonds is 7. The number of hydrogen-bond acceptors (Lipinski definition) is 4. The summed E-state index contributed by atoms with van der Waals surface area (Å²) in [4.78, 5) is 12.5. The molecule has 0 atom stereocenters. The van der Waals surface area contributed by atoms with Gasteiger partial charge in [0.25, 0.3) is 0 Å². The number of halogens is 2. The Morgan fingerprint density at radius 3 is 2.59 bits per heavy atom. The van der Waals surface area contributed by atoms with E-state index in [4.69, 9.17) is 11.6 Å². The predicted octanol–water partition coefficient (Wildman–Crippen LogP) is 6.06. The van der Waals surface area contributed by atoms with Crippen LogP contribution in [0.25, 0.3) is 11.4 Å². The third kappa shape index (κ3) is 5.84. The molecule has 2 aromatic carbocycles. The monoisotopic (exact) mass is 492 g/mol. The van der Waals surface area contributed by atoms with E-state index in [9.17, 15) is 4.79 Å². The summed E-state index contributed by atoms with van der Waals surface area (Å²) in [5.41, 5.74) is 2.76. The standard InChI is InChI=1S/C21H22BrClN4OS/c1-13(2)11-27-20(15-4-7-17(23)8-5-15)25-26-21(27)29-12-19(28)24-18-9-6-16(22)10-14(18)3/h4-10,13H,11-12H2,1-3H3,(H,24,28). The molecule has 0 saturated carbocycles. The average Bonchev–Trinajstić information content (AvgIpc) is 3.05. The maximum absolute atomic E-state index is 12.5. The summed E-state index contributed by atoms with van der Waals surface area (Å²) in [6.07, 6.45) is 0. The lowest BCUT2D eigenvalue weighted by Crippen LogP contribution is -2.16. The van der Waals surface area contributed by atoms with Gasteiger partial charge in [0.1, 0.15) is 0 Å². The van der Waals surface area contributed by atoms with Gasteiger partial charge in [0.2, 0.25) is 5.91 Å². The molecule has 0 fully saturated rings. The normalized spacial score (nSPS) is 11.1. The van der Waals surface area contributed by atoms with Crippen LogP contribution in [0.5, 0.6) is 0 Å². The van der Waals surface area contributed by atoms with E-state index in [2.05, 4.69) is 49.9 Å². The molecule has 0 aliphatic heterocycles. The molecule has 0 spiro atoms. The van der Waals surface area contributed by atoms with Gasteiger partial charge in [-0.15, -0.1) is 10.2 Å². The molecule has 0 unspecified atom stereocenters. The number of aromatic nitrogens is 3. The molecule has 1 N–H and O–H groups in total. The maximum atomic E-state index is 12.5. The van der Waals surface area contributed by atoms with Gasteiger partial charge in [-0.25, -0.2) is 0 Å². The molecule has 0 saturated heterocycles. The number of thioether (sulfide) groups is 1. The van der Waals surface area contributed by atoms with Crippen molar-refractivity contribution in [1.29, 1.82) is 0 Å². The lowest BCUT2D eigenvalue weighted by atomic mass is 10.2. The summed E-state index contributed by atoms with van der Waals surface area (Å²) < 4.78 is 3.05. The molecular weight excluding hydrogens is 472 g/mol. The van der Waals surface area contributed by atoms with Crippen LogP contribution in [0.2, 0.25) is 5.02 Å². The molecule has 152 valence electrons. The van der Waals surface area contributed by atoms with E-state index < -0.39 is 0 Å². The van der Waals surface area contributed by atoms with Crippen molar-refractivity contribution in [3.05, 3.63) is 57.5 Å². The van der Waals surface area contributed by atoms with Crippen molar-refractivity contribution in [2.24, 2.45) is 5.92 Å². The molecule has 0 radical (unpaired) electrons. The van der Waals surface area contributed by atoms with Crippen LogP contribution >= 0.6 is 39.3 Å². The Bertz CT molecular complexity index is 1000. The predicted molar refractivity (Wildman–Crippen MR) is 124 cm³/mol. The van der Waals surface area contributed by atoms with Gasteiger partial charge in [-0.1, -0.05) is 53.1 Å². The Kier molecular flexibility index (Phi) is 7.38. The fourth-order valence-corrected chi connectivity index (χ4v) is 4.17. The van der Waals surface area contributed by atoms with Crippen molar-refractivity contribution in [1.82, 2.24) is 14.8 Å². The van der Waals surface area contributed by atoms with E-state index in [0.717, 1.165) is 38.8 Å². The van der Waals surface area contributed by atoms with Gasteiger partial charge in [-0.3, -0.25) is 4.79 Å². The lowest BCUT2D eigenvalue weighted by molar-refractivity contribution is -0.113. The maximum Gasteiger partial charge on any atom is 0.234 e. The summed E-state index contributed by atoms with van der Waals surface area (Å²) in [6.45, 7) is 7.01. The van der Waals surface area contributed by atoms with Crippen LogP contribution in [0, 0.1) is 12.8 Å². The Morgan fingerprint density at radius 1 is 1.21 bits per heavy atom. The van der Waals surface area contributed by atoms with Crippen molar-refractivity contribution in [3.8, 4) is 11.4 Å². The molecule has 1 aromatic heterocycles. The Labute approximate surface area is 188 Å². The molecule has 0 aliphatic carbocycles. The Morgan fingerprint density at radius 2 is 1.93 bits per heavy atom. The zero-order valence-electron chi connectivity index (χ0n) is 16.4. The molecule has 29 heavy (non-hydrogen) atoms. The van der Waals surface area contributed by atoms with Crippen LogP contribution in [0.1, 0.15) is 19.4 Å². The van der Waals surface area contributed by atoms with Gasteiger partial charge in [0, 0.05) is 27.3 Å². The second-order valence-corrected chi connectivity index (χ2v) is 9.41. The van der Waals surface area contributed by atoms with Crippen LogP contribution in [-0.2, 0) is 11.3 Å². The first-order valence-electron chi connectivity index (χ1n) is 9.21. The third-order valence-electron chi connectivity index (χ3n) is 4.16. The molecule has 3 aromatic rings. The largest absolute Gasteiger partial charge is 0.325 e. The minimum absolute atomic E-state index is 0.0763. The van der Waals surface area contributed by atoms with E-state index in [1.54, 1.807) is 0 Å². The van der Waals surface area contributed by atoms with E-state index in [-0.39, 0.29) is 11.7 Å². The highest BCUT2D eigenvalue weighted by Crippen LogP contribution is 2.27. The van der Waals surface area contributed by atoms with E-state index in [1.807, 2.05) is 49.4 Å². The number of aryl methyl sites for hydroxylation is 1. The highest BCUT2D eigenvalue weighted by molar-refractivity contribution is 9.10. The molecular formula is C21H22BrClN4OS. The van der Waals surface area contributed by atoms with Crippen LogP contribution in [0.4, 0.5) is 5.69 Å². The molecule has 8 heteroatoms. The topological polar surface area (TPSA) is 59.8 Å². The van der Waals surface area contributed by atoms with Crippen molar-refractivity contribution < 1.29 is 4.79 Å². The third-order valence-corrected chi connectivity index (χ3v) is 5.87. The number of anilines is 1. The van der Waals surface area contributed by atoms with Gasteiger partial charge < -0.3 is 9.88 Å². The number of nitrogens with one attached hydrogen (secondary N) is 1. The molecule has 1 heterocycles. The number of carbonyl (C=O) groups is 1. The molecule has 0 aliphatic rings. The quantitative estimate of drug-likeness (QED) is 0.407. The first-order chi connectivity index (χ1) is 13.8. The van der Waals surface area contributed by atoms with Gasteiger partial charge in [0.15, 0.2) is 11.0 Å². The van der Waals surface area contributed by atoms with E-state index in [1.165, 1.54) is 11.8 Å². The number of nitrogens with zero attached hydrogens (tertiary/aromatic N) is 3. The molecule has 1 amide bonds. The van der Waals surface area contributed by atoms with E-state index >= 15 is 0 Å². The first kappa shape index (κ1) is 21.9. The van der Waals surface area contributed by atoms with Crippen LogP contribution in [0.15, 0.2) is 52.1 Å². The second-order valence-electron chi connectivity index (χ2n) is 7.11. The van der Waals surface area contributed by atoms with Crippen LogP contribution in [-0.4, -0.2) is 26.4 Å². The summed E-state index contributed by atoms with van der Waals surface area (Å²) in [7, 11) is 0. The van der Waals surface area contributed by atoms with Crippen LogP contribution < -0.4 is 5.32 Å². The summed E-state index contributed by atoms with van der Waals surface area (Å²) in [6, 6.07) is 13.3. The van der Waals surface area contributed by atoms with Gasteiger partial charge >= 0.3 is 0 Å². The first-order valence-corrected chi connectivity index (χ1v) is 11.4. The number of carbonyl (C=O) groups excluding carboxylic acids is 1. The fourth-order valence-electron chi connectivity index (χ4n) is 2.82. The van der Waals surface area contributed by atoms with Gasteiger partial charge in [0.05, 0.1) is 5.75 Å². The second kappa shape index (κ2) is 9.78. The zero-order chi connectivity index (χ0) is 21.0. The van der Waals surface area contributed by atoms with Crippen LogP contribution in [0.3, 0.4) is 0 Å². The summed E-state index contributed by atoms with van der Waals surface area (Å²) in [5, 5.41) is 13.1. The minimum Gasteiger partial charge on any atom is -0.325 e. The molecule has 3 rings (SSSR count). The minimum atomic E-state index is -0.0763. The molecule has 5 nitrogen and oxygen atoms in total. The number of hydrogen-bond donors (Lipinski definition) is 1. The molecule has 0 bridgehead atoms. The average molecular weight is 494 g/mol. The highest BCUT2D eigenvalue weighted by atomic mass is 79.9. The highest BCUT2D eigenvalue weighted by Gasteiger charge is 2.17. The summed E-state index contributed by atoms with van der Waals surface area (Å²) >= 11 is 10.8. The van der Waals surface area contributed by atoms with Crippen molar-refractivity contribution >= 4 is 50.9 Å². The van der Waals surface area contributed by atoms with Crippen molar-refractivity contribution in [2.45, 2.75) is 32.5 Å². The van der Waals surface area contributed by atoms with Gasteiger partial charge in [-0.2, -0.15) is 0 Å². The van der Waals surface area contributed by atoms with E-state index in [0.29, 0.717) is 10.9 Å². The Balaban J connectivity index is 1.74. The van der Waals surface area contributed by atoms with Crippen molar-refractivity contribution in [3.63, 3.8) is 0 Å². The number of amides is 1. The fraction of sp³-hybridized carbons (Fsp3) is 0.286. The van der Waals surface area contributed by atoms with Gasteiger partial charge in [-0.05, 0) is 60.9 Å². The summed E-state index contributed by atoms with van der Waals surface area (Å²) in [5.74, 6) is 1.37. The smallest absolute Gasteiger partial charge is 0.234 e. The number of benzene rings is 2. The SMILES string of the molecule is Cc1cc(Br)ccc1NC(=O)CSc1nnc(-c2ccc(Cl)cc2)n1CC(C)C. The van der Waals surface area contributed by atoms with Crippen molar-refractivity contribution in [2.75, 3.05) is 11.1 Å².